The fourth-order valence-electron chi connectivity index (χ4n) is 2.63. The topological polar surface area (TPSA) is 80.0 Å². The summed E-state index contributed by atoms with van der Waals surface area (Å²) in [7, 11) is 0. The number of nitrogens with zero attached hydrogens (tertiary/aromatic N) is 3. The molecular weight excluding hydrogens is 236 g/mol. The average molecular weight is 256 g/mol. The quantitative estimate of drug-likeness (QED) is 0.592. The van der Waals surface area contributed by atoms with E-state index in [1.807, 2.05) is 4.90 Å². The number of rotatable bonds is 3. The summed E-state index contributed by atoms with van der Waals surface area (Å²) in [6, 6.07) is 0. The molecule has 0 spiro atoms. The molecule has 18 heavy (non-hydrogen) atoms. The lowest BCUT2D eigenvalue weighted by atomic mass is 9.97. The highest BCUT2D eigenvalue weighted by Gasteiger charge is 2.34. The number of nitro groups is 1. The van der Waals surface area contributed by atoms with Gasteiger partial charge in [-0.25, -0.2) is 10.1 Å². The van der Waals surface area contributed by atoms with Crippen LogP contribution >= 0.6 is 0 Å². The maximum absolute atomic E-state index is 10.5. The van der Waals surface area contributed by atoms with Crippen LogP contribution in [0.2, 0.25) is 0 Å². The minimum Gasteiger partial charge on any atom is -0.375 e. The first-order valence-corrected chi connectivity index (χ1v) is 6.32. The zero-order valence-electron chi connectivity index (χ0n) is 10.9. The zero-order chi connectivity index (χ0) is 13.2. The van der Waals surface area contributed by atoms with Gasteiger partial charge in [0.1, 0.15) is 5.10 Å². The monoisotopic (exact) mass is 256 g/mol. The highest BCUT2D eigenvalue weighted by Crippen LogP contribution is 2.29. The molecular formula is C11H20N4O3. The maximum Gasteiger partial charge on any atom is 0.271 e. The van der Waals surface area contributed by atoms with Crippen LogP contribution in [0.1, 0.15) is 26.7 Å². The van der Waals surface area contributed by atoms with Gasteiger partial charge in [-0.3, -0.25) is 0 Å². The Hall–Kier alpha value is -1.37. The van der Waals surface area contributed by atoms with Crippen molar-refractivity contribution < 1.29 is 9.77 Å². The standard InChI is InChI=1S/C11H20N4O3/c1-11(2)6-9(8-18-11)7-14-5-3-4-12-10(14)13-15(16)17/h9H,3-8H2,1-2H3,(H,12,13). The molecule has 2 aliphatic heterocycles. The molecule has 1 unspecified atom stereocenters. The van der Waals surface area contributed by atoms with E-state index in [-0.39, 0.29) is 5.60 Å². The van der Waals surface area contributed by atoms with E-state index in [0.717, 1.165) is 39.1 Å². The summed E-state index contributed by atoms with van der Waals surface area (Å²) in [4.78, 5) is 12.4. The summed E-state index contributed by atoms with van der Waals surface area (Å²) < 4.78 is 5.69. The Labute approximate surface area is 106 Å². The van der Waals surface area contributed by atoms with Gasteiger partial charge in [0.25, 0.3) is 5.96 Å². The molecule has 0 bridgehead atoms. The fraction of sp³-hybridized carbons (Fsp3) is 0.909. The van der Waals surface area contributed by atoms with Crippen LogP contribution in [0.25, 0.3) is 0 Å². The summed E-state index contributed by atoms with van der Waals surface area (Å²) >= 11 is 0. The van der Waals surface area contributed by atoms with Crippen LogP contribution in [0.15, 0.2) is 5.10 Å². The molecule has 2 aliphatic rings. The summed E-state index contributed by atoms with van der Waals surface area (Å²) in [5.41, 5.74) is -0.0751. The first-order chi connectivity index (χ1) is 8.46. The van der Waals surface area contributed by atoms with Gasteiger partial charge in [0.05, 0.1) is 12.2 Å². The third-order valence-corrected chi connectivity index (χ3v) is 3.33. The predicted molar refractivity (Wildman–Crippen MR) is 66.8 cm³/mol. The Bertz CT molecular complexity index is 356. The molecule has 2 rings (SSSR count). The van der Waals surface area contributed by atoms with Crippen LogP contribution in [-0.2, 0) is 4.74 Å². The highest BCUT2D eigenvalue weighted by molar-refractivity contribution is 5.79. The smallest absolute Gasteiger partial charge is 0.271 e. The van der Waals surface area contributed by atoms with Crippen molar-refractivity contribution in [2.75, 3.05) is 26.2 Å². The van der Waals surface area contributed by atoms with Crippen molar-refractivity contribution >= 4 is 5.96 Å². The summed E-state index contributed by atoms with van der Waals surface area (Å²) in [6.45, 7) is 7.20. The van der Waals surface area contributed by atoms with Gasteiger partial charge < -0.3 is 15.0 Å². The number of guanidine groups is 1. The number of hydrogen-bond donors (Lipinski definition) is 1. The van der Waals surface area contributed by atoms with Gasteiger partial charge in [-0.1, -0.05) is 0 Å². The van der Waals surface area contributed by atoms with Crippen molar-refractivity contribution in [3.63, 3.8) is 0 Å². The second kappa shape index (κ2) is 5.09. The molecule has 7 nitrogen and oxygen atoms in total. The van der Waals surface area contributed by atoms with E-state index in [4.69, 9.17) is 4.74 Å². The third-order valence-electron chi connectivity index (χ3n) is 3.33. The van der Waals surface area contributed by atoms with E-state index in [9.17, 15) is 10.1 Å². The first-order valence-electron chi connectivity index (χ1n) is 6.32. The Kier molecular flexibility index (Phi) is 3.70. The molecule has 102 valence electrons. The van der Waals surface area contributed by atoms with E-state index >= 15 is 0 Å². The molecule has 0 radical (unpaired) electrons. The SMILES string of the molecule is CC1(C)CC(CN2CCCNC2=N[N+](=O)[O-])CO1. The molecule has 0 saturated carbocycles. The van der Waals surface area contributed by atoms with Crippen LogP contribution < -0.4 is 5.32 Å². The second-order valence-corrected chi connectivity index (χ2v) is 5.53. The average Bonchev–Trinajstić information content (AvgIpc) is 2.60. The van der Waals surface area contributed by atoms with Crippen molar-refractivity contribution in [1.29, 1.82) is 0 Å². The van der Waals surface area contributed by atoms with Gasteiger partial charge in [-0.05, 0) is 26.7 Å². The first kappa shape index (κ1) is 13.1. The molecule has 0 aromatic carbocycles. The molecule has 0 amide bonds. The van der Waals surface area contributed by atoms with Crippen LogP contribution in [0.4, 0.5) is 0 Å². The molecule has 2 saturated heterocycles. The number of hydrazone groups is 1. The zero-order valence-corrected chi connectivity index (χ0v) is 10.9. The van der Waals surface area contributed by atoms with Crippen molar-refractivity contribution in [2.45, 2.75) is 32.3 Å². The van der Waals surface area contributed by atoms with E-state index in [2.05, 4.69) is 24.3 Å². The number of ether oxygens (including phenoxy) is 1. The second-order valence-electron chi connectivity index (χ2n) is 5.53. The lowest BCUT2D eigenvalue weighted by Gasteiger charge is -2.31. The Balaban J connectivity index is 1.96. The molecule has 7 heteroatoms. The Morgan fingerprint density at radius 2 is 2.44 bits per heavy atom. The molecule has 0 aromatic rings. The summed E-state index contributed by atoms with van der Waals surface area (Å²) in [5, 5.41) is 16.2. The van der Waals surface area contributed by atoms with Crippen molar-refractivity contribution in [2.24, 2.45) is 11.0 Å². The van der Waals surface area contributed by atoms with E-state index in [0.29, 0.717) is 11.9 Å². The maximum atomic E-state index is 10.5. The van der Waals surface area contributed by atoms with Gasteiger partial charge in [-0.15, -0.1) is 0 Å². The van der Waals surface area contributed by atoms with Crippen molar-refractivity contribution in [1.82, 2.24) is 10.2 Å². The predicted octanol–water partition coefficient (Wildman–Crippen LogP) is 0.645. The summed E-state index contributed by atoms with van der Waals surface area (Å²) in [6.07, 6.45) is 1.96. The minimum atomic E-state index is -0.643. The van der Waals surface area contributed by atoms with E-state index in [1.54, 1.807) is 0 Å². The van der Waals surface area contributed by atoms with Gasteiger partial charge >= 0.3 is 0 Å². The van der Waals surface area contributed by atoms with Crippen LogP contribution in [0.3, 0.4) is 0 Å². The van der Waals surface area contributed by atoms with Gasteiger partial charge in [0, 0.05) is 25.6 Å². The molecule has 0 aromatic heterocycles. The minimum absolute atomic E-state index is 0.0751. The Morgan fingerprint density at radius 1 is 1.67 bits per heavy atom. The van der Waals surface area contributed by atoms with Crippen molar-refractivity contribution in [3.8, 4) is 0 Å². The molecule has 0 aliphatic carbocycles. The van der Waals surface area contributed by atoms with Gasteiger partial charge in [-0.2, -0.15) is 0 Å². The normalized spacial score (nSPS) is 29.3. The summed E-state index contributed by atoms with van der Waals surface area (Å²) in [5.74, 6) is 0.799. The van der Waals surface area contributed by atoms with Crippen molar-refractivity contribution in [3.05, 3.63) is 10.1 Å². The fourth-order valence-corrected chi connectivity index (χ4v) is 2.63. The Morgan fingerprint density at radius 3 is 3.06 bits per heavy atom. The van der Waals surface area contributed by atoms with Gasteiger partial charge in [0.15, 0.2) is 5.03 Å². The van der Waals surface area contributed by atoms with E-state index < -0.39 is 5.03 Å². The van der Waals surface area contributed by atoms with Crippen LogP contribution in [0.5, 0.6) is 0 Å². The highest BCUT2D eigenvalue weighted by atomic mass is 16.7. The number of nitrogens with one attached hydrogen (secondary N) is 1. The van der Waals surface area contributed by atoms with E-state index in [1.165, 1.54) is 0 Å². The van der Waals surface area contributed by atoms with Gasteiger partial charge in [0.2, 0.25) is 0 Å². The molecule has 2 fully saturated rings. The van der Waals surface area contributed by atoms with Crippen LogP contribution in [0, 0.1) is 16.0 Å². The molecule has 1 N–H and O–H groups in total. The molecule has 2 heterocycles. The number of hydrogen-bond acceptors (Lipinski definition) is 3. The lowest BCUT2D eigenvalue weighted by molar-refractivity contribution is -0.486. The molecule has 1 atom stereocenters. The lowest BCUT2D eigenvalue weighted by Crippen LogP contribution is -2.49. The largest absolute Gasteiger partial charge is 0.375 e. The third kappa shape index (κ3) is 3.32. The van der Waals surface area contributed by atoms with Crippen LogP contribution in [-0.4, -0.2) is 47.7 Å².